The van der Waals surface area contributed by atoms with Gasteiger partial charge in [0.25, 0.3) is 5.91 Å². The van der Waals surface area contributed by atoms with Crippen LogP contribution < -0.4 is 11.1 Å². The van der Waals surface area contributed by atoms with Crippen molar-refractivity contribution in [2.24, 2.45) is 17.8 Å². The molecule has 0 atom stereocenters. The highest BCUT2D eigenvalue weighted by Crippen LogP contribution is 2.55. The number of aromatic nitrogens is 1. The molecule has 1 N–H and O–H groups in total. The molecule has 1 heterocycles. The Labute approximate surface area is 162 Å². The fourth-order valence-corrected chi connectivity index (χ4v) is 6.08. The van der Waals surface area contributed by atoms with E-state index in [0.29, 0.717) is 11.1 Å². The van der Waals surface area contributed by atoms with Gasteiger partial charge in [0.2, 0.25) is 0 Å². The topological polar surface area (TPSA) is 90.5 Å². The summed E-state index contributed by atoms with van der Waals surface area (Å²) in [6.45, 7) is -0.592. The van der Waals surface area contributed by atoms with Gasteiger partial charge in [-0.3, -0.25) is 14.2 Å². The van der Waals surface area contributed by atoms with Crippen LogP contribution in [0.25, 0.3) is 11.1 Å². The molecule has 7 heteroatoms. The second-order valence-corrected chi connectivity index (χ2v) is 8.83. The zero-order valence-corrected chi connectivity index (χ0v) is 15.7. The Morgan fingerprint density at radius 2 is 1.75 bits per heavy atom. The van der Waals surface area contributed by atoms with E-state index in [1.807, 2.05) is 0 Å². The van der Waals surface area contributed by atoms with Gasteiger partial charge in [-0.05, 0) is 68.4 Å². The lowest BCUT2D eigenvalue weighted by molar-refractivity contribution is -0.150. The first kappa shape index (κ1) is 17.5. The van der Waals surface area contributed by atoms with E-state index >= 15 is 0 Å². The van der Waals surface area contributed by atoms with Crippen LogP contribution in [0.15, 0.2) is 33.5 Å². The normalized spacial score (nSPS) is 30.5. The average molecular weight is 384 g/mol. The van der Waals surface area contributed by atoms with Gasteiger partial charge in [0.05, 0.1) is 5.52 Å². The van der Waals surface area contributed by atoms with Crippen LogP contribution in [0.1, 0.15) is 38.5 Å². The minimum absolute atomic E-state index is 0.101. The highest BCUT2D eigenvalue weighted by Gasteiger charge is 2.51. The molecular weight excluding hydrogens is 360 g/mol. The van der Waals surface area contributed by atoms with Crippen LogP contribution in [-0.2, 0) is 20.9 Å². The number of ether oxygens (including phenoxy) is 1. The van der Waals surface area contributed by atoms with Crippen molar-refractivity contribution in [1.82, 2.24) is 9.88 Å². The van der Waals surface area contributed by atoms with Crippen molar-refractivity contribution >= 4 is 23.0 Å². The number of nitrogens with one attached hydrogen (secondary N) is 1. The first-order valence-electron chi connectivity index (χ1n) is 10.0. The maximum atomic E-state index is 12.4. The predicted octanol–water partition coefficient (Wildman–Crippen LogP) is 2.22. The summed E-state index contributed by atoms with van der Waals surface area (Å²) in [5.74, 6) is 0.700. The summed E-state index contributed by atoms with van der Waals surface area (Å²) in [5.41, 5.74) is 0.845. The van der Waals surface area contributed by atoms with Crippen molar-refractivity contribution < 1.29 is 18.7 Å². The number of amides is 1. The summed E-state index contributed by atoms with van der Waals surface area (Å²) in [7, 11) is 0. The van der Waals surface area contributed by atoms with E-state index in [-0.39, 0.29) is 24.6 Å². The minimum Gasteiger partial charge on any atom is -0.454 e. The van der Waals surface area contributed by atoms with E-state index in [0.717, 1.165) is 37.0 Å². The Morgan fingerprint density at radius 3 is 2.43 bits per heavy atom. The Balaban J connectivity index is 1.18. The van der Waals surface area contributed by atoms with Crippen molar-refractivity contribution in [2.75, 3.05) is 6.61 Å². The summed E-state index contributed by atoms with van der Waals surface area (Å²) < 4.78 is 11.5. The SMILES string of the molecule is O=C(COC(=O)Cn1c(=O)oc2ccccc21)NC12CC3CC(CC(C3)C1)C2. The molecule has 148 valence electrons. The lowest BCUT2D eigenvalue weighted by atomic mass is 9.53. The number of carbonyl (C=O) groups is 2. The lowest BCUT2D eigenvalue weighted by Crippen LogP contribution is -2.60. The molecule has 4 aliphatic rings. The van der Waals surface area contributed by atoms with Crippen molar-refractivity contribution in [2.45, 2.75) is 50.6 Å². The van der Waals surface area contributed by atoms with Gasteiger partial charge in [-0.15, -0.1) is 0 Å². The van der Waals surface area contributed by atoms with Gasteiger partial charge in [-0.25, -0.2) is 4.79 Å². The third kappa shape index (κ3) is 3.12. The smallest absolute Gasteiger partial charge is 0.420 e. The summed E-state index contributed by atoms with van der Waals surface area (Å²) in [4.78, 5) is 36.5. The van der Waals surface area contributed by atoms with Gasteiger partial charge in [0, 0.05) is 5.54 Å². The molecule has 1 aromatic heterocycles. The molecule has 1 amide bonds. The highest BCUT2D eigenvalue weighted by atomic mass is 16.5. The average Bonchev–Trinajstić information content (AvgIpc) is 2.94. The van der Waals surface area contributed by atoms with E-state index in [1.165, 1.54) is 23.8 Å². The molecule has 4 fully saturated rings. The molecule has 0 unspecified atom stereocenters. The first-order valence-corrected chi connectivity index (χ1v) is 10.0. The lowest BCUT2D eigenvalue weighted by Gasteiger charge is -2.56. The Morgan fingerprint density at radius 1 is 1.11 bits per heavy atom. The van der Waals surface area contributed by atoms with Crippen LogP contribution in [0.2, 0.25) is 0 Å². The van der Waals surface area contributed by atoms with E-state index in [2.05, 4.69) is 5.32 Å². The van der Waals surface area contributed by atoms with Crippen molar-refractivity contribution in [3.05, 3.63) is 34.8 Å². The number of oxazole rings is 1. The van der Waals surface area contributed by atoms with Gasteiger partial charge >= 0.3 is 11.7 Å². The number of benzene rings is 1. The van der Waals surface area contributed by atoms with E-state index in [9.17, 15) is 14.4 Å². The molecule has 4 saturated carbocycles. The second kappa shape index (κ2) is 6.50. The van der Waals surface area contributed by atoms with Gasteiger partial charge in [0.1, 0.15) is 6.54 Å². The highest BCUT2D eigenvalue weighted by molar-refractivity contribution is 5.82. The van der Waals surface area contributed by atoms with E-state index in [4.69, 9.17) is 9.15 Å². The fourth-order valence-electron chi connectivity index (χ4n) is 6.08. The Hall–Kier alpha value is -2.57. The van der Waals surface area contributed by atoms with Crippen LogP contribution in [0.3, 0.4) is 0 Å². The Kier molecular flexibility index (Phi) is 4.07. The first-order chi connectivity index (χ1) is 13.5. The fraction of sp³-hybridized carbons (Fsp3) is 0.571. The monoisotopic (exact) mass is 384 g/mol. The van der Waals surface area contributed by atoms with Crippen molar-refractivity contribution in [1.29, 1.82) is 0 Å². The molecule has 0 radical (unpaired) electrons. The third-order valence-corrected chi connectivity index (χ3v) is 6.67. The van der Waals surface area contributed by atoms with Crippen LogP contribution in [0.5, 0.6) is 0 Å². The summed E-state index contributed by atoms with van der Waals surface area (Å²) in [5, 5.41) is 3.18. The van der Waals surface area contributed by atoms with Crippen LogP contribution >= 0.6 is 0 Å². The number of esters is 1. The zero-order valence-electron chi connectivity index (χ0n) is 15.7. The molecular formula is C21H24N2O5. The van der Waals surface area contributed by atoms with Crippen molar-refractivity contribution in [3.8, 4) is 0 Å². The molecule has 7 nitrogen and oxygen atoms in total. The van der Waals surface area contributed by atoms with Gasteiger partial charge in [0.15, 0.2) is 12.2 Å². The standard InChI is InChI=1S/C21H24N2O5/c24-18(22-21-8-13-5-14(9-21)7-15(6-13)10-21)12-27-19(25)11-23-16-3-1-2-4-17(16)28-20(23)26/h1-4,13-15H,5-12H2,(H,22,24). The molecule has 0 spiro atoms. The molecule has 2 aromatic rings. The number of para-hydroxylation sites is 2. The van der Waals surface area contributed by atoms with E-state index < -0.39 is 11.7 Å². The summed E-state index contributed by atoms with van der Waals surface area (Å²) in [6, 6.07) is 6.88. The molecule has 1 aromatic carbocycles. The van der Waals surface area contributed by atoms with Gasteiger partial charge in [-0.1, -0.05) is 12.1 Å². The minimum atomic E-state index is -0.630. The molecule has 0 saturated heterocycles. The van der Waals surface area contributed by atoms with Crippen LogP contribution in [-0.4, -0.2) is 28.6 Å². The maximum absolute atomic E-state index is 12.4. The number of carbonyl (C=O) groups excluding carboxylic acids is 2. The third-order valence-electron chi connectivity index (χ3n) is 6.67. The van der Waals surface area contributed by atoms with Crippen LogP contribution in [0, 0.1) is 17.8 Å². The van der Waals surface area contributed by atoms with Crippen LogP contribution in [0.4, 0.5) is 0 Å². The molecule has 0 aliphatic heterocycles. The van der Waals surface area contributed by atoms with Gasteiger partial charge in [-0.2, -0.15) is 0 Å². The summed E-state index contributed by atoms with van der Waals surface area (Å²) in [6.07, 6.45) is 7.06. The number of nitrogens with zero attached hydrogens (tertiary/aromatic N) is 1. The Bertz CT molecular complexity index is 953. The summed E-state index contributed by atoms with van der Waals surface area (Å²) >= 11 is 0. The number of hydrogen-bond acceptors (Lipinski definition) is 5. The molecule has 4 bridgehead atoms. The number of hydrogen-bond donors (Lipinski definition) is 1. The maximum Gasteiger partial charge on any atom is 0.420 e. The second-order valence-electron chi connectivity index (χ2n) is 8.83. The number of rotatable bonds is 5. The molecule has 6 rings (SSSR count). The quantitative estimate of drug-likeness (QED) is 0.799. The predicted molar refractivity (Wildman–Crippen MR) is 100 cm³/mol. The molecule has 4 aliphatic carbocycles. The molecule has 28 heavy (non-hydrogen) atoms. The number of fused-ring (bicyclic) bond motifs is 1. The zero-order chi connectivity index (χ0) is 19.3. The van der Waals surface area contributed by atoms with Crippen molar-refractivity contribution in [3.63, 3.8) is 0 Å². The largest absolute Gasteiger partial charge is 0.454 e. The van der Waals surface area contributed by atoms with E-state index in [1.54, 1.807) is 24.3 Å². The van der Waals surface area contributed by atoms with Gasteiger partial charge < -0.3 is 14.5 Å².